The first-order valence-electron chi connectivity index (χ1n) is 3.88. The maximum absolute atomic E-state index is 10.3. The lowest BCUT2D eigenvalue weighted by molar-refractivity contribution is -0.102. The van der Waals surface area contributed by atoms with E-state index in [2.05, 4.69) is 15.7 Å². The number of aldehydes is 1. The average molecular weight is 191 g/mol. The molecule has 1 aromatic carbocycles. The van der Waals surface area contributed by atoms with Crippen molar-refractivity contribution >= 4 is 23.9 Å². The fraction of sp³-hybridized carbons (Fsp3) is 0. The van der Waals surface area contributed by atoms with Gasteiger partial charge in [-0.25, -0.2) is 0 Å². The lowest BCUT2D eigenvalue weighted by atomic mass is 10.3. The van der Waals surface area contributed by atoms with Gasteiger partial charge in [-0.2, -0.15) is 5.10 Å². The second kappa shape index (κ2) is 5.47. The van der Waals surface area contributed by atoms with Crippen LogP contribution >= 0.6 is 0 Å². The molecule has 0 aliphatic rings. The average Bonchev–Trinajstić information content (AvgIpc) is 2.25. The predicted molar refractivity (Wildman–Crippen MR) is 53.8 cm³/mol. The van der Waals surface area contributed by atoms with Crippen molar-refractivity contribution in [1.82, 2.24) is 0 Å². The highest BCUT2D eigenvalue weighted by Gasteiger charge is 1.91. The molecule has 14 heavy (non-hydrogen) atoms. The summed E-state index contributed by atoms with van der Waals surface area (Å²) in [5.41, 5.74) is 3.39. The summed E-state index contributed by atoms with van der Waals surface area (Å²) in [6, 6.07) is 9.12. The van der Waals surface area contributed by atoms with Crippen LogP contribution in [-0.4, -0.2) is 23.4 Å². The number of benzene rings is 1. The number of nitrogens with one attached hydrogen (secondary N) is 1. The Balaban J connectivity index is 2.66. The number of hydrogen-bond donors (Lipinski definition) is 2. The molecule has 0 amide bonds. The zero-order valence-electron chi connectivity index (χ0n) is 7.29. The zero-order chi connectivity index (χ0) is 10.2. The Morgan fingerprint density at radius 1 is 1.36 bits per heavy atom. The van der Waals surface area contributed by atoms with Crippen LogP contribution in [0.5, 0.6) is 0 Å². The van der Waals surface area contributed by atoms with Gasteiger partial charge in [-0.15, -0.1) is 0 Å². The molecule has 2 N–H and O–H groups in total. The highest BCUT2D eigenvalue weighted by atomic mass is 16.4. The molecule has 0 unspecified atom stereocenters. The van der Waals surface area contributed by atoms with Crippen molar-refractivity contribution < 1.29 is 10.0 Å². The molecule has 0 saturated carbocycles. The van der Waals surface area contributed by atoms with Gasteiger partial charge in [0.05, 0.1) is 11.9 Å². The number of anilines is 1. The number of hydrazone groups is 1. The standard InChI is InChI=1S/C9H9N3O2/c13-7-9(6-10-14)12-11-8-4-2-1-3-5-8/h1-7,11,14H/b10-6-,12-9-. The SMILES string of the molecule is O=CC(/C=N\O)=N\Nc1ccccc1. The number of para-hydroxylation sites is 1. The zero-order valence-corrected chi connectivity index (χ0v) is 7.29. The Kier molecular flexibility index (Phi) is 3.87. The molecule has 0 saturated heterocycles. The first-order chi connectivity index (χ1) is 6.86. The number of hydrogen-bond acceptors (Lipinski definition) is 5. The lowest BCUT2D eigenvalue weighted by Gasteiger charge is -1.98. The first-order valence-corrected chi connectivity index (χ1v) is 3.88. The van der Waals surface area contributed by atoms with Crippen LogP contribution in [0, 0.1) is 0 Å². The van der Waals surface area contributed by atoms with Crippen LogP contribution in [0.25, 0.3) is 0 Å². The fourth-order valence-corrected chi connectivity index (χ4v) is 0.787. The minimum absolute atomic E-state index is 0.0105. The van der Waals surface area contributed by atoms with E-state index in [9.17, 15) is 4.79 Å². The summed E-state index contributed by atoms with van der Waals surface area (Å²) >= 11 is 0. The molecule has 0 atom stereocenters. The number of nitrogens with zero attached hydrogens (tertiary/aromatic N) is 2. The molecule has 0 aromatic heterocycles. The van der Waals surface area contributed by atoms with Crippen LogP contribution in [-0.2, 0) is 4.79 Å². The summed E-state index contributed by atoms with van der Waals surface area (Å²) in [4.78, 5) is 10.3. The minimum atomic E-state index is 0.0105. The van der Waals surface area contributed by atoms with Crippen molar-refractivity contribution in [3.05, 3.63) is 30.3 Å². The van der Waals surface area contributed by atoms with Gasteiger partial charge in [0.1, 0.15) is 5.71 Å². The molecule has 0 aliphatic heterocycles. The van der Waals surface area contributed by atoms with Gasteiger partial charge >= 0.3 is 0 Å². The number of carbonyl (C=O) groups is 1. The van der Waals surface area contributed by atoms with Crippen molar-refractivity contribution in [2.75, 3.05) is 5.43 Å². The highest BCUT2D eigenvalue weighted by Crippen LogP contribution is 2.03. The van der Waals surface area contributed by atoms with Crippen LogP contribution in [0.2, 0.25) is 0 Å². The summed E-state index contributed by atoms with van der Waals surface area (Å²) in [5, 5.41) is 14.6. The molecule has 5 nitrogen and oxygen atoms in total. The maximum atomic E-state index is 10.3. The molecule has 72 valence electrons. The quantitative estimate of drug-likeness (QED) is 0.324. The van der Waals surface area contributed by atoms with Gasteiger partial charge < -0.3 is 5.21 Å². The summed E-state index contributed by atoms with van der Waals surface area (Å²) in [6.07, 6.45) is 1.43. The molecular formula is C9H9N3O2. The lowest BCUT2D eigenvalue weighted by Crippen LogP contribution is -2.05. The van der Waals surface area contributed by atoms with Crippen LogP contribution in [0.4, 0.5) is 5.69 Å². The fourth-order valence-electron chi connectivity index (χ4n) is 0.787. The number of rotatable bonds is 4. The van der Waals surface area contributed by atoms with E-state index in [-0.39, 0.29) is 5.71 Å². The Labute approximate surface area is 80.7 Å². The Morgan fingerprint density at radius 2 is 2.07 bits per heavy atom. The Hall–Kier alpha value is -2.17. The van der Waals surface area contributed by atoms with E-state index in [0.717, 1.165) is 11.9 Å². The van der Waals surface area contributed by atoms with Crippen LogP contribution < -0.4 is 5.43 Å². The van der Waals surface area contributed by atoms with Gasteiger partial charge in [0.15, 0.2) is 6.29 Å². The van der Waals surface area contributed by atoms with Crippen molar-refractivity contribution in [1.29, 1.82) is 0 Å². The smallest absolute Gasteiger partial charge is 0.171 e. The topological polar surface area (TPSA) is 74.0 Å². The summed E-state index contributed by atoms with van der Waals surface area (Å²) in [7, 11) is 0. The Bertz CT molecular complexity index is 346. The second-order valence-electron chi connectivity index (χ2n) is 2.38. The van der Waals surface area contributed by atoms with E-state index in [1.54, 1.807) is 12.1 Å². The van der Waals surface area contributed by atoms with Crippen molar-refractivity contribution in [2.45, 2.75) is 0 Å². The molecule has 0 fully saturated rings. The third-order valence-electron chi connectivity index (χ3n) is 1.40. The second-order valence-corrected chi connectivity index (χ2v) is 2.38. The van der Waals surface area contributed by atoms with Crippen molar-refractivity contribution in [3.63, 3.8) is 0 Å². The monoisotopic (exact) mass is 191 g/mol. The van der Waals surface area contributed by atoms with E-state index in [1.807, 2.05) is 18.2 Å². The largest absolute Gasteiger partial charge is 0.411 e. The summed E-state index contributed by atoms with van der Waals surface area (Å²) < 4.78 is 0. The third kappa shape index (κ3) is 3.06. The predicted octanol–water partition coefficient (Wildman–Crippen LogP) is 1.11. The third-order valence-corrected chi connectivity index (χ3v) is 1.40. The molecule has 1 aromatic rings. The summed E-state index contributed by atoms with van der Waals surface area (Å²) in [5.74, 6) is 0. The van der Waals surface area contributed by atoms with E-state index < -0.39 is 0 Å². The van der Waals surface area contributed by atoms with Crippen LogP contribution in [0.3, 0.4) is 0 Å². The molecule has 1 rings (SSSR count). The van der Waals surface area contributed by atoms with Gasteiger partial charge in [-0.3, -0.25) is 10.2 Å². The van der Waals surface area contributed by atoms with Crippen LogP contribution in [0.1, 0.15) is 0 Å². The molecule has 0 aliphatic carbocycles. The van der Waals surface area contributed by atoms with Crippen LogP contribution in [0.15, 0.2) is 40.6 Å². The van der Waals surface area contributed by atoms with Gasteiger partial charge in [0.25, 0.3) is 0 Å². The highest BCUT2D eigenvalue weighted by molar-refractivity contribution is 6.54. The van der Waals surface area contributed by atoms with E-state index >= 15 is 0 Å². The van der Waals surface area contributed by atoms with Gasteiger partial charge in [0, 0.05) is 0 Å². The van der Waals surface area contributed by atoms with E-state index in [4.69, 9.17) is 5.21 Å². The normalized spacial score (nSPS) is 11.6. The van der Waals surface area contributed by atoms with Crippen molar-refractivity contribution in [2.24, 2.45) is 10.3 Å². The maximum Gasteiger partial charge on any atom is 0.171 e. The molecule has 0 spiro atoms. The molecular weight excluding hydrogens is 182 g/mol. The van der Waals surface area contributed by atoms with Gasteiger partial charge in [-0.1, -0.05) is 23.4 Å². The minimum Gasteiger partial charge on any atom is -0.411 e. The molecule has 5 heteroatoms. The summed E-state index contributed by atoms with van der Waals surface area (Å²) in [6.45, 7) is 0. The van der Waals surface area contributed by atoms with Gasteiger partial charge in [0.2, 0.25) is 0 Å². The first kappa shape index (κ1) is 9.91. The number of oxime groups is 1. The molecule has 0 bridgehead atoms. The molecule has 0 radical (unpaired) electrons. The Morgan fingerprint density at radius 3 is 2.64 bits per heavy atom. The number of carbonyl (C=O) groups excluding carboxylic acids is 1. The van der Waals surface area contributed by atoms with E-state index in [0.29, 0.717) is 6.29 Å². The van der Waals surface area contributed by atoms with E-state index in [1.165, 1.54) is 0 Å². The van der Waals surface area contributed by atoms with Crippen molar-refractivity contribution in [3.8, 4) is 0 Å². The molecule has 0 heterocycles. The van der Waals surface area contributed by atoms with Gasteiger partial charge in [-0.05, 0) is 12.1 Å².